The van der Waals surface area contributed by atoms with Crippen molar-refractivity contribution in [3.63, 3.8) is 0 Å². The van der Waals surface area contributed by atoms with Crippen LogP contribution in [0.5, 0.6) is 0 Å². The first-order chi connectivity index (χ1) is 8.59. The number of nitrogens with zero attached hydrogens (tertiary/aromatic N) is 3. The summed E-state index contributed by atoms with van der Waals surface area (Å²) in [7, 11) is 0. The Bertz CT molecular complexity index is 556. The van der Waals surface area contributed by atoms with E-state index in [1.54, 1.807) is 6.92 Å². The molecule has 0 saturated heterocycles. The molecule has 18 heavy (non-hydrogen) atoms. The third-order valence-corrected chi connectivity index (χ3v) is 2.35. The van der Waals surface area contributed by atoms with Gasteiger partial charge in [0.05, 0.1) is 11.6 Å². The Balaban J connectivity index is 2.15. The molecule has 1 unspecified atom stereocenters. The minimum Gasteiger partial charge on any atom is -0.381 e. The molecule has 2 aromatic rings. The average Bonchev–Trinajstić information content (AvgIpc) is 2.86. The van der Waals surface area contributed by atoms with Gasteiger partial charge in [-0.3, -0.25) is 9.89 Å². The van der Waals surface area contributed by atoms with Crippen molar-refractivity contribution in [3.8, 4) is 0 Å². The maximum Gasteiger partial charge on any atom is 0.255 e. The van der Waals surface area contributed by atoms with Gasteiger partial charge < -0.3 is 11.1 Å². The van der Waals surface area contributed by atoms with E-state index in [-0.39, 0.29) is 11.4 Å². The van der Waals surface area contributed by atoms with Crippen molar-refractivity contribution in [2.24, 2.45) is 0 Å². The third-order valence-electron chi connectivity index (χ3n) is 2.35. The molecule has 2 heterocycles. The van der Waals surface area contributed by atoms with Crippen molar-refractivity contribution < 1.29 is 9.18 Å². The van der Waals surface area contributed by atoms with E-state index in [9.17, 15) is 9.18 Å². The number of aromatic amines is 1. The van der Waals surface area contributed by atoms with Gasteiger partial charge in [-0.2, -0.15) is 5.10 Å². The zero-order chi connectivity index (χ0) is 13.1. The maximum atomic E-state index is 13.6. The Labute approximate surface area is 102 Å². The van der Waals surface area contributed by atoms with Crippen LogP contribution < -0.4 is 11.1 Å². The smallest absolute Gasteiger partial charge is 0.255 e. The number of aromatic nitrogens is 4. The predicted molar refractivity (Wildman–Crippen MR) is 60.9 cm³/mol. The van der Waals surface area contributed by atoms with Gasteiger partial charge in [0.1, 0.15) is 12.2 Å². The van der Waals surface area contributed by atoms with Crippen molar-refractivity contribution in [2.45, 2.75) is 13.0 Å². The average molecular weight is 250 g/mol. The number of H-pyrrole nitrogens is 1. The number of hydrogen-bond acceptors (Lipinski definition) is 5. The van der Waals surface area contributed by atoms with Crippen LogP contribution in [0.25, 0.3) is 0 Å². The van der Waals surface area contributed by atoms with Gasteiger partial charge in [0.2, 0.25) is 0 Å². The number of rotatable bonds is 3. The van der Waals surface area contributed by atoms with E-state index in [2.05, 4.69) is 25.5 Å². The molecule has 2 rings (SSSR count). The molecular weight excluding hydrogens is 239 g/mol. The number of hydrogen-bond donors (Lipinski definition) is 3. The first-order valence-corrected chi connectivity index (χ1v) is 5.15. The highest BCUT2D eigenvalue weighted by molar-refractivity contribution is 5.95. The molecule has 0 saturated carbocycles. The Morgan fingerprint density at radius 3 is 3.00 bits per heavy atom. The summed E-state index contributed by atoms with van der Waals surface area (Å²) in [5.41, 5.74) is 5.13. The summed E-state index contributed by atoms with van der Waals surface area (Å²) in [5.74, 6) is -1.26. The molecule has 0 spiro atoms. The summed E-state index contributed by atoms with van der Waals surface area (Å²) in [5, 5.41) is 8.85. The molecule has 0 bridgehead atoms. The summed E-state index contributed by atoms with van der Waals surface area (Å²) in [6.45, 7) is 1.70. The zero-order valence-corrected chi connectivity index (χ0v) is 9.51. The van der Waals surface area contributed by atoms with E-state index in [1.165, 1.54) is 18.6 Å². The summed E-state index contributed by atoms with van der Waals surface area (Å²) < 4.78 is 13.6. The summed E-state index contributed by atoms with van der Waals surface area (Å²) in [6.07, 6.45) is 2.59. The van der Waals surface area contributed by atoms with Crippen LogP contribution in [0.4, 0.5) is 10.2 Å². The van der Waals surface area contributed by atoms with Crippen LogP contribution in [0.3, 0.4) is 0 Å². The van der Waals surface area contributed by atoms with E-state index in [1.807, 2.05) is 0 Å². The quantitative estimate of drug-likeness (QED) is 0.731. The number of anilines is 1. The van der Waals surface area contributed by atoms with E-state index in [0.29, 0.717) is 5.82 Å². The molecule has 8 heteroatoms. The molecule has 4 N–H and O–H groups in total. The van der Waals surface area contributed by atoms with Crippen LogP contribution in [0.2, 0.25) is 0 Å². The minimum absolute atomic E-state index is 0.158. The second-order valence-corrected chi connectivity index (χ2v) is 3.62. The number of carbonyl (C=O) groups is 1. The number of nitrogens with two attached hydrogens (primary N) is 1. The highest BCUT2D eigenvalue weighted by Crippen LogP contribution is 2.13. The Morgan fingerprint density at radius 1 is 1.56 bits per heavy atom. The maximum absolute atomic E-state index is 13.6. The molecule has 0 radical (unpaired) electrons. The fourth-order valence-corrected chi connectivity index (χ4v) is 1.40. The number of pyridine rings is 1. The van der Waals surface area contributed by atoms with Gasteiger partial charge in [-0.15, -0.1) is 0 Å². The standard InChI is InChI=1S/C10H11FN6O/c1-5(9-14-4-15-17-9)16-10(18)6-2-3-13-8(12)7(6)11/h2-5H,1H3,(H2,12,13)(H,16,18)(H,14,15,17). The lowest BCUT2D eigenvalue weighted by Gasteiger charge is -2.11. The number of nitrogens with one attached hydrogen (secondary N) is 2. The third kappa shape index (κ3) is 2.26. The van der Waals surface area contributed by atoms with Gasteiger partial charge in [0.25, 0.3) is 5.91 Å². The SMILES string of the molecule is CC(NC(=O)c1ccnc(N)c1F)c1ncn[nH]1. The molecule has 94 valence electrons. The van der Waals surface area contributed by atoms with E-state index >= 15 is 0 Å². The highest BCUT2D eigenvalue weighted by atomic mass is 19.1. The highest BCUT2D eigenvalue weighted by Gasteiger charge is 2.18. The molecule has 0 aliphatic heterocycles. The van der Waals surface area contributed by atoms with Crippen LogP contribution in [0, 0.1) is 5.82 Å². The fourth-order valence-electron chi connectivity index (χ4n) is 1.40. The van der Waals surface area contributed by atoms with Crippen LogP contribution in [-0.2, 0) is 0 Å². The molecule has 1 atom stereocenters. The Hall–Kier alpha value is -2.51. The van der Waals surface area contributed by atoms with Gasteiger partial charge >= 0.3 is 0 Å². The van der Waals surface area contributed by atoms with Crippen molar-refractivity contribution in [2.75, 3.05) is 5.73 Å². The fraction of sp³-hybridized carbons (Fsp3) is 0.200. The second kappa shape index (κ2) is 4.78. The van der Waals surface area contributed by atoms with Crippen LogP contribution in [0.15, 0.2) is 18.6 Å². The Kier molecular flexibility index (Phi) is 3.18. The monoisotopic (exact) mass is 250 g/mol. The van der Waals surface area contributed by atoms with Crippen molar-refractivity contribution in [1.82, 2.24) is 25.5 Å². The molecule has 7 nitrogen and oxygen atoms in total. The molecule has 0 aliphatic rings. The van der Waals surface area contributed by atoms with Gasteiger partial charge in [-0.05, 0) is 13.0 Å². The van der Waals surface area contributed by atoms with Gasteiger partial charge in [0.15, 0.2) is 11.6 Å². The first kappa shape index (κ1) is 12.0. The van der Waals surface area contributed by atoms with E-state index in [4.69, 9.17) is 5.73 Å². The molecular formula is C10H11FN6O. The first-order valence-electron chi connectivity index (χ1n) is 5.15. The largest absolute Gasteiger partial charge is 0.381 e. The lowest BCUT2D eigenvalue weighted by atomic mass is 10.2. The van der Waals surface area contributed by atoms with Gasteiger partial charge in [0, 0.05) is 6.20 Å². The van der Waals surface area contributed by atoms with Crippen molar-refractivity contribution in [3.05, 3.63) is 35.8 Å². The van der Waals surface area contributed by atoms with Crippen molar-refractivity contribution in [1.29, 1.82) is 0 Å². The Morgan fingerprint density at radius 2 is 2.33 bits per heavy atom. The van der Waals surface area contributed by atoms with Crippen molar-refractivity contribution >= 4 is 11.7 Å². The zero-order valence-electron chi connectivity index (χ0n) is 9.51. The second-order valence-electron chi connectivity index (χ2n) is 3.62. The predicted octanol–water partition coefficient (Wildman–Crippen LogP) is 0.412. The molecule has 0 aromatic carbocycles. The summed E-state index contributed by atoms with van der Waals surface area (Å²) >= 11 is 0. The number of amides is 1. The van der Waals surface area contributed by atoms with Crippen LogP contribution in [0.1, 0.15) is 29.1 Å². The van der Waals surface area contributed by atoms with Gasteiger partial charge in [-0.25, -0.2) is 14.4 Å². The normalized spacial score (nSPS) is 12.1. The van der Waals surface area contributed by atoms with Gasteiger partial charge in [-0.1, -0.05) is 0 Å². The lowest BCUT2D eigenvalue weighted by molar-refractivity contribution is 0.0934. The molecule has 2 aromatic heterocycles. The topological polar surface area (TPSA) is 110 Å². The summed E-state index contributed by atoms with van der Waals surface area (Å²) in [4.78, 5) is 19.3. The lowest BCUT2D eigenvalue weighted by Crippen LogP contribution is -2.28. The van der Waals surface area contributed by atoms with E-state index in [0.717, 1.165) is 0 Å². The summed E-state index contributed by atoms with van der Waals surface area (Å²) in [6, 6.07) is 0.836. The molecule has 0 aliphatic carbocycles. The number of halogens is 1. The number of carbonyl (C=O) groups excluding carboxylic acids is 1. The minimum atomic E-state index is -0.834. The molecule has 0 fully saturated rings. The number of nitrogen functional groups attached to an aromatic ring is 1. The van der Waals surface area contributed by atoms with Crippen LogP contribution >= 0.6 is 0 Å². The van der Waals surface area contributed by atoms with Crippen LogP contribution in [-0.4, -0.2) is 26.1 Å². The molecule has 1 amide bonds. The van der Waals surface area contributed by atoms with E-state index < -0.39 is 17.8 Å².